The number of rotatable bonds is 3. The molecule has 1 fully saturated rings. The van der Waals surface area contributed by atoms with Crippen LogP contribution in [0.3, 0.4) is 0 Å². The number of thiocarbonyl (C=S) groups is 1. The molecule has 1 amide bonds. The second kappa shape index (κ2) is 11.6. The Hall–Kier alpha value is -1.22. The van der Waals surface area contributed by atoms with Crippen molar-refractivity contribution in [2.24, 2.45) is 16.7 Å². The lowest BCUT2D eigenvalue weighted by atomic mass is 9.83. The van der Waals surface area contributed by atoms with Gasteiger partial charge in [0.05, 0.1) is 18.5 Å². The van der Waals surface area contributed by atoms with Gasteiger partial charge < -0.3 is 15.0 Å². The van der Waals surface area contributed by atoms with Crippen LogP contribution >= 0.6 is 12.2 Å². The number of carbonyl (C=O) groups excluding carboxylic acids is 2. The summed E-state index contributed by atoms with van der Waals surface area (Å²) in [6.45, 7) is 15.2. The second-order valence-corrected chi connectivity index (χ2v) is 8.42. The molecule has 2 atom stereocenters. The summed E-state index contributed by atoms with van der Waals surface area (Å²) >= 11 is 3.54. The lowest BCUT2D eigenvalue weighted by molar-refractivity contribution is -0.135. The second-order valence-electron chi connectivity index (χ2n) is 8.19. The van der Waals surface area contributed by atoms with E-state index in [2.05, 4.69) is 63.8 Å². The fourth-order valence-corrected chi connectivity index (χ4v) is 2.57. The van der Waals surface area contributed by atoms with E-state index in [9.17, 15) is 18.0 Å². The van der Waals surface area contributed by atoms with Crippen molar-refractivity contribution in [3.63, 3.8) is 0 Å². The van der Waals surface area contributed by atoms with Crippen LogP contribution in [0.4, 0.5) is 13.2 Å². The zero-order chi connectivity index (χ0) is 22.1. The van der Waals surface area contributed by atoms with Crippen LogP contribution in [-0.4, -0.2) is 62.1 Å². The Bertz CT molecular complexity index is 477. The largest absolute Gasteiger partial charge is 0.471 e. The summed E-state index contributed by atoms with van der Waals surface area (Å²) in [6.07, 6.45) is -4.27. The zero-order valence-electron chi connectivity index (χ0n) is 17.4. The molecule has 1 N–H and O–H groups in total. The number of nitrogens with zero attached hydrogens (tertiary/aromatic N) is 1. The first-order chi connectivity index (χ1) is 12.1. The Labute approximate surface area is 166 Å². The SMILES string of the molecule is CNC(C(=O)N1CC(C)C(C)(C)C1)C(C)(C)C.COC=O.FC(F)(F)C=S. The molecule has 1 saturated heterocycles. The van der Waals surface area contributed by atoms with Gasteiger partial charge in [0.1, 0.15) is 0 Å². The summed E-state index contributed by atoms with van der Waals surface area (Å²) in [6, 6.07) is -0.0939. The standard InChI is InChI=1S/C14H28N2O.C2HF3S.C2H4O2/c1-10-8-16(9-14(10,5)6)12(17)11(15-7)13(2,3)4;3-2(4,5)1-6;1-4-2-3/h10-11,15H,8-9H2,1-7H3;1H;2H,1H3. The molecule has 0 radical (unpaired) electrons. The van der Waals surface area contributed by atoms with Gasteiger partial charge in [-0.3, -0.25) is 9.59 Å². The highest BCUT2D eigenvalue weighted by molar-refractivity contribution is 7.79. The van der Waals surface area contributed by atoms with Crippen LogP contribution in [0.15, 0.2) is 0 Å². The van der Waals surface area contributed by atoms with Crippen LogP contribution in [-0.2, 0) is 14.3 Å². The molecular formula is C18H33F3N2O3S. The maximum Gasteiger partial charge on any atom is 0.419 e. The summed E-state index contributed by atoms with van der Waals surface area (Å²) < 4.78 is 35.7. The number of ether oxygens (including phenoxy) is 1. The number of carbonyl (C=O) groups is 2. The summed E-state index contributed by atoms with van der Waals surface area (Å²) in [5.41, 5.74) is 0.202. The van der Waals surface area contributed by atoms with Crippen molar-refractivity contribution in [3.8, 4) is 0 Å². The van der Waals surface area contributed by atoms with E-state index in [1.807, 2.05) is 11.9 Å². The fraction of sp³-hybridized carbons (Fsp3) is 0.833. The van der Waals surface area contributed by atoms with Crippen molar-refractivity contribution in [2.45, 2.75) is 53.8 Å². The van der Waals surface area contributed by atoms with E-state index < -0.39 is 6.18 Å². The van der Waals surface area contributed by atoms with Crippen molar-refractivity contribution in [2.75, 3.05) is 27.2 Å². The summed E-state index contributed by atoms with van der Waals surface area (Å²) in [5, 5.41) is 2.94. The number of halogens is 3. The molecule has 1 aliphatic heterocycles. The molecule has 0 bridgehead atoms. The van der Waals surface area contributed by atoms with Gasteiger partial charge >= 0.3 is 6.18 Å². The number of likely N-dealkylation sites (tertiary alicyclic amines) is 1. The number of alkyl halides is 3. The van der Waals surface area contributed by atoms with E-state index in [0.717, 1.165) is 13.1 Å². The van der Waals surface area contributed by atoms with Gasteiger partial charge in [-0.25, -0.2) is 0 Å². The lowest BCUT2D eigenvalue weighted by Crippen LogP contribution is -2.51. The highest BCUT2D eigenvalue weighted by atomic mass is 32.1. The number of hydrogen-bond acceptors (Lipinski definition) is 5. The van der Waals surface area contributed by atoms with Gasteiger partial charge in [-0.05, 0) is 23.8 Å². The summed E-state index contributed by atoms with van der Waals surface area (Å²) in [4.78, 5) is 23.5. The van der Waals surface area contributed by atoms with Crippen molar-refractivity contribution >= 4 is 30.0 Å². The number of amides is 1. The highest BCUT2D eigenvalue weighted by Crippen LogP contribution is 2.35. The number of nitrogens with one attached hydrogen (secondary N) is 1. The van der Waals surface area contributed by atoms with E-state index in [-0.39, 0.29) is 28.1 Å². The Morgan fingerprint density at radius 3 is 1.93 bits per heavy atom. The molecule has 27 heavy (non-hydrogen) atoms. The van der Waals surface area contributed by atoms with Gasteiger partial charge in [-0.2, -0.15) is 13.2 Å². The molecule has 9 heteroatoms. The summed E-state index contributed by atoms with van der Waals surface area (Å²) in [5.74, 6) is 0.821. The first-order valence-corrected chi connectivity index (χ1v) is 9.00. The number of methoxy groups -OCH3 is 1. The molecular weight excluding hydrogens is 381 g/mol. The molecule has 0 aromatic rings. The van der Waals surface area contributed by atoms with E-state index in [1.165, 1.54) is 7.11 Å². The molecule has 0 aliphatic carbocycles. The third kappa shape index (κ3) is 11.3. The van der Waals surface area contributed by atoms with Gasteiger partial charge in [-0.1, -0.05) is 53.8 Å². The van der Waals surface area contributed by atoms with Crippen LogP contribution < -0.4 is 5.32 Å². The minimum Gasteiger partial charge on any atom is -0.471 e. The molecule has 0 aromatic carbocycles. The Kier molecular flexibility index (Phi) is 12.0. The third-order valence-electron chi connectivity index (χ3n) is 4.37. The van der Waals surface area contributed by atoms with Crippen molar-refractivity contribution < 1.29 is 27.5 Å². The van der Waals surface area contributed by atoms with Gasteiger partial charge in [0.15, 0.2) is 0 Å². The van der Waals surface area contributed by atoms with Gasteiger partial charge in [0, 0.05) is 13.1 Å². The average Bonchev–Trinajstić information content (AvgIpc) is 2.80. The van der Waals surface area contributed by atoms with Crippen LogP contribution in [0, 0.1) is 16.7 Å². The fourth-order valence-electron chi connectivity index (χ4n) is 2.57. The first kappa shape index (κ1) is 28.0. The van der Waals surface area contributed by atoms with E-state index in [0.29, 0.717) is 12.4 Å². The average molecular weight is 415 g/mol. The molecule has 5 nitrogen and oxygen atoms in total. The predicted molar refractivity (Wildman–Crippen MR) is 105 cm³/mol. The molecule has 1 aliphatic rings. The molecule has 2 unspecified atom stereocenters. The predicted octanol–water partition coefficient (Wildman–Crippen LogP) is 3.46. The molecule has 1 rings (SSSR count). The van der Waals surface area contributed by atoms with E-state index >= 15 is 0 Å². The summed E-state index contributed by atoms with van der Waals surface area (Å²) in [7, 11) is 3.19. The molecule has 160 valence electrons. The third-order valence-corrected chi connectivity index (χ3v) is 4.64. The van der Waals surface area contributed by atoms with Crippen molar-refractivity contribution in [1.82, 2.24) is 10.2 Å². The minimum atomic E-state index is -4.27. The van der Waals surface area contributed by atoms with Crippen molar-refractivity contribution in [3.05, 3.63) is 0 Å². The van der Waals surface area contributed by atoms with Gasteiger partial charge in [-0.15, -0.1) is 0 Å². The Morgan fingerprint density at radius 1 is 1.33 bits per heavy atom. The first-order valence-electron chi connectivity index (χ1n) is 8.53. The molecule has 0 spiro atoms. The lowest BCUT2D eigenvalue weighted by Gasteiger charge is -2.33. The molecule has 0 aromatic heterocycles. The van der Waals surface area contributed by atoms with Gasteiger partial charge in [0.2, 0.25) is 5.91 Å². The number of likely N-dealkylation sites (N-methyl/N-ethyl adjacent to an activating group) is 1. The highest BCUT2D eigenvalue weighted by Gasteiger charge is 2.42. The Morgan fingerprint density at radius 2 is 1.74 bits per heavy atom. The maximum absolute atomic E-state index is 12.5. The topological polar surface area (TPSA) is 58.6 Å². The van der Waals surface area contributed by atoms with Crippen molar-refractivity contribution in [1.29, 1.82) is 0 Å². The monoisotopic (exact) mass is 414 g/mol. The van der Waals surface area contributed by atoms with Crippen LogP contribution in [0.25, 0.3) is 0 Å². The van der Waals surface area contributed by atoms with Crippen LogP contribution in [0.1, 0.15) is 41.5 Å². The smallest absolute Gasteiger partial charge is 0.419 e. The normalized spacial score (nSPS) is 19.7. The molecule has 0 saturated carbocycles. The minimum absolute atomic E-state index is 0.0399. The van der Waals surface area contributed by atoms with Crippen LogP contribution in [0.5, 0.6) is 0 Å². The molecule has 1 heterocycles. The maximum atomic E-state index is 12.5. The number of hydrogen-bond donors (Lipinski definition) is 1. The Balaban J connectivity index is 0. The zero-order valence-corrected chi connectivity index (χ0v) is 18.3. The quantitative estimate of drug-likeness (QED) is 0.566. The van der Waals surface area contributed by atoms with E-state index in [1.54, 1.807) is 0 Å². The van der Waals surface area contributed by atoms with E-state index in [4.69, 9.17) is 4.79 Å². The van der Waals surface area contributed by atoms with Crippen LogP contribution in [0.2, 0.25) is 0 Å². The van der Waals surface area contributed by atoms with Gasteiger partial charge in [0.25, 0.3) is 6.47 Å².